The van der Waals surface area contributed by atoms with Gasteiger partial charge in [0.15, 0.2) is 11.5 Å². The number of benzene rings is 1. The maximum atomic E-state index is 12.8. The number of ether oxygens (including phenoxy) is 2. The molecular formula is C19H25NO3S2. The third-order valence-corrected chi connectivity index (χ3v) is 8.82. The fourth-order valence-electron chi connectivity index (χ4n) is 4.28. The van der Waals surface area contributed by atoms with Crippen molar-refractivity contribution in [1.82, 2.24) is 4.90 Å². The molecule has 0 saturated carbocycles. The molecule has 3 aliphatic rings. The molecule has 4 rings (SSSR count). The van der Waals surface area contributed by atoms with Crippen LogP contribution in [-0.2, 0) is 11.2 Å². The molecule has 0 spiro atoms. The molecule has 0 bridgehead atoms. The third kappa shape index (κ3) is 3.23. The minimum atomic E-state index is 0.193. The van der Waals surface area contributed by atoms with Crippen molar-refractivity contribution < 1.29 is 14.3 Å². The van der Waals surface area contributed by atoms with E-state index in [0.717, 1.165) is 30.9 Å². The molecule has 1 amide bonds. The van der Waals surface area contributed by atoms with Crippen LogP contribution in [0.5, 0.6) is 11.5 Å². The number of nitrogens with zero attached hydrogens (tertiary/aromatic N) is 1. The molecule has 0 N–H and O–H groups in total. The number of amides is 1. The standard InChI is InChI=1S/C19H25NO3S2/c1-22-16-9-12-4-5-20-15(14(12)11-17(16)23-2)8-13(10-18(20)21)19-24-6-3-7-25-19/h9,11,13,15,19H,3-8,10H2,1-2H3/t13-,15+/m0/s1. The fourth-order valence-corrected chi connectivity index (χ4v) is 7.47. The summed E-state index contributed by atoms with van der Waals surface area (Å²) in [5.74, 6) is 4.82. The highest BCUT2D eigenvalue weighted by molar-refractivity contribution is 8.17. The second kappa shape index (κ2) is 7.31. The maximum absolute atomic E-state index is 12.8. The molecule has 2 saturated heterocycles. The van der Waals surface area contributed by atoms with E-state index in [1.807, 2.05) is 0 Å². The number of fused-ring (bicyclic) bond motifs is 3. The van der Waals surface area contributed by atoms with Crippen molar-refractivity contribution in [3.63, 3.8) is 0 Å². The first kappa shape index (κ1) is 17.4. The summed E-state index contributed by atoms with van der Waals surface area (Å²) in [6, 6.07) is 4.39. The van der Waals surface area contributed by atoms with Gasteiger partial charge in [-0.25, -0.2) is 0 Å². The molecule has 0 radical (unpaired) electrons. The molecule has 2 fully saturated rings. The second-order valence-corrected chi connectivity index (χ2v) is 9.72. The van der Waals surface area contributed by atoms with Crippen LogP contribution in [0.2, 0.25) is 0 Å². The number of rotatable bonds is 3. The second-order valence-electron chi connectivity index (χ2n) is 6.92. The number of carbonyl (C=O) groups is 1. The number of carbonyl (C=O) groups excluding carboxylic acids is 1. The van der Waals surface area contributed by atoms with Crippen molar-refractivity contribution in [3.05, 3.63) is 23.3 Å². The Hall–Kier alpha value is -1.01. The van der Waals surface area contributed by atoms with E-state index in [2.05, 4.69) is 40.6 Å². The molecule has 0 aliphatic carbocycles. The van der Waals surface area contributed by atoms with E-state index in [1.54, 1.807) is 14.2 Å². The number of hydrogen-bond acceptors (Lipinski definition) is 5. The van der Waals surface area contributed by atoms with Crippen molar-refractivity contribution in [1.29, 1.82) is 0 Å². The van der Waals surface area contributed by atoms with Gasteiger partial charge < -0.3 is 14.4 Å². The van der Waals surface area contributed by atoms with Crippen LogP contribution in [0.15, 0.2) is 12.1 Å². The molecule has 2 atom stereocenters. The smallest absolute Gasteiger partial charge is 0.223 e. The zero-order chi connectivity index (χ0) is 17.4. The van der Waals surface area contributed by atoms with Crippen LogP contribution in [-0.4, -0.2) is 47.7 Å². The monoisotopic (exact) mass is 379 g/mol. The van der Waals surface area contributed by atoms with Crippen molar-refractivity contribution >= 4 is 29.4 Å². The van der Waals surface area contributed by atoms with Gasteiger partial charge in [0.05, 0.1) is 24.8 Å². The molecule has 3 heterocycles. The zero-order valence-corrected chi connectivity index (χ0v) is 16.5. The Bertz CT molecular complexity index is 660. The van der Waals surface area contributed by atoms with Gasteiger partial charge in [0, 0.05) is 13.0 Å². The van der Waals surface area contributed by atoms with Gasteiger partial charge >= 0.3 is 0 Å². The Balaban J connectivity index is 1.65. The summed E-state index contributed by atoms with van der Waals surface area (Å²) in [7, 11) is 3.35. The predicted molar refractivity (Wildman–Crippen MR) is 104 cm³/mol. The molecule has 3 aliphatic heterocycles. The molecule has 136 valence electrons. The van der Waals surface area contributed by atoms with Crippen LogP contribution < -0.4 is 9.47 Å². The van der Waals surface area contributed by atoms with Gasteiger partial charge in [-0.05, 0) is 59.9 Å². The quantitative estimate of drug-likeness (QED) is 0.800. The average molecular weight is 380 g/mol. The molecular weight excluding hydrogens is 354 g/mol. The lowest BCUT2D eigenvalue weighted by Gasteiger charge is -2.45. The average Bonchev–Trinajstić information content (AvgIpc) is 2.67. The van der Waals surface area contributed by atoms with E-state index in [-0.39, 0.29) is 6.04 Å². The Morgan fingerprint density at radius 2 is 1.84 bits per heavy atom. The van der Waals surface area contributed by atoms with Crippen LogP contribution in [0.4, 0.5) is 0 Å². The SMILES string of the molecule is COc1cc2c(cc1OC)[C@H]1C[C@H](C3SCCCS3)CC(=O)N1CC2. The number of piperidine rings is 1. The summed E-state index contributed by atoms with van der Waals surface area (Å²) < 4.78 is 11.6. The number of thioether (sulfide) groups is 2. The van der Waals surface area contributed by atoms with Gasteiger partial charge in [-0.3, -0.25) is 4.79 Å². The summed E-state index contributed by atoms with van der Waals surface area (Å²) in [4.78, 5) is 14.9. The topological polar surface area (TPSA) is 38.8 Å². The fraction of sp³-hybridized carbons (Fsp3) is 0.632. The lowest BCUT2D eigenvalue weighted by molar-refractivity contribution is -0.139. The van der Waals surface area contributed by atoms with Gasteiger partial charge in [0.1, 0.15) is 0 Å². The normalized spacial score (nSPS) is 26.8. The summed E-state index contributed by atoms with van der Waals surface area (Å²) in [5, 5.41) is 0. The molecule has 6 heteroatoms. The van der Waals surface area contributed by atoms with E-state index in [1.165, 1.54) is 29.1 Å². The van der Waals surface area contributed by atoms with E-state index < -0.39 is 0 Å². The van der Waals surface area contributed by atoms with Gasteiger partial charge in [-0.2, -0.15) is 0 Å². The molecule has 25 heavy (non-hydrogen) atoms. The Kier molecular flexibility index (Phi) is 5.09. The zero-order valence-electron chi connectivity index (χ0n) is 14.8. The maximum Gasteiger partial charge on any atom is 0.223 e. The highest BCUT2D eigenvalue weighted by Crippen LogP contribution is 2.48. The molecule has 1 aromatic carbocycles. The van der Waals surface area contributed by atoms with Crippen molar-refractivity contribution in [2.75, 3.05) is 32.3 Å². The van der Waals surface area contributed by atoms with Gasteiger partial charge in [0.25, 0.3) is 0 Å². The third-order valence-electron chi connectivity index (χ3n) is 5.52. The number of hydrogen-bond donors (Lipinski definition) is 0. The van der Waals surface area contributed by atoms with Crippen molar-refractivity contribution in [2.24, 2.45) is 5.92 Å². The molecule has 0 aromatic heterocycles. The number of methoxy groups -OCH3 is 2. The highest BCUT2D eigenvalue weighted by atomic mass is 32.2. The van der Waals surface area contributed by atoms with Crippen LogP contribution in [0.1, 0.15) is 36.4 Å². The minimum absolute atomic E-state index is 0.193. The van der Waals surface area contributed by atoms with Crippen LogP contribution >= 0.6 is 23.5 Å². The largest absolute Gasteiger partial charge is 0.493 e. The summed E-state index contributed by atoms with van der Waals surface area (Å²) in [6.45, 7) is 0.823. The Morgan fingerprint density at radius 1 is 1.12 bits per heavy atom. The van der Waals surface area contributed by atoms with E-state index in [4.69, 9.17) is 9.47 Å². The molecule has 1 aromatic rings. The highest BCUT2D eigenvalue weighted by Gasteiger charge is 2.41. The van der Waals surface area contributed by atoms with E-state index >= 15 is 0 Å². The predicted octanol–water partition coefficient (Wildman–Crippen LogP) is 3.74. The molecule has 0 unspecified atom stereocenters. The van der Waals surface area contributed by atoms with Crippen LogP contribution in [0.3, 0.4) is 0 Å². The lowest BCUT2D eigenvalue weighted by atomic mass is 9.82. The van der Waals surface area contributed by atoms with E-state index in [9.17, 15) is 4.79 Å². The Morgan fingerprint density at radius 3 is 2.56 bits per heavy atom. The summed E-state index contributed by atoms with van der Waals surface area (Å²) in [5.41, 5.74) is 2.56. The van der Waals surface area contributed by atoms with E-state index in [0.29, 0.717) is 22.8 Å². The molecule has 4 nitrogen and oxygen atoms in total. The van der Waals surface area contributed by atoms with Crippen molar-refractivity contribution in [2.45, 2.75) is 36.3 Å². The Labute approximate surface area is 158 Å². The van der Waals surface area contributed by atoms with Crippen LogP contribution in [0, 0.1) is 5.92 Å². The van der Waals surface area contributed by atoms with Gasteiger partial charge in [-0.15, -0.1) is 23.5 Å². The van der Waals surface area contributed by atoms with Crippen molar-refractivity contribution in [3.8, 4) is 11.5 Å². The summed E-state index contributed by atoms with van der Waals surface area (Å²) >= 11 is 4.11. The first-order chi connectivity index (χ1) is 12.2. The lowest BCUT2D eigenvalue weighted by Crippen LogP contribution is -2.46. The summed E-state index contributed by atoms with van der Waals surface area (Å²) in [6.07, 6.45) is 3.97. The van der Waals surface area contributed by atoms with Crippen LogP contribution in [0.25, 0.3) is 0 Å². The first-order valence-corrected chi connectivity index (χ1v) is 11.1. The first-order valence-electron chi connectivity index (χ1n) is 8.98. The van der Waals surface area contributed by atoms with Gasteiger partial charge in [0.2, 0.25) is 5.91 Å². The minimum Gasteiger partial charge on any atom is -0.493 e. The van der Waals surface area contributed by atoms with Gasteiger partial charge in [-0.1, -0.05) is 0 Å².